The van der Waals surface area contributed by atoms with E-state index in [0.29, 0.717) is 23.8 Å². The Morgan fingerprint density at radius 1 is 1.41 bits per heavy atom. The van der Waals surface area contributed by atoms with Crippen LogP contribution in [-0.2, 0) is 6.42 Å². The zero-order chi connectivity index (χ0) is 12.6. The molecule has 0 aliphatic carbocycles. The highest BCUT2D eigenvalue weighted by atomic mass is 35.5. The molecule has 0 saturated heterocycles. The van der Waals surface area contributed by atoms with Crippen LogP contribution in [0.1, 0.15) is 23.7 Å². The molecule has 1 unspecified atom stereocenters. The van der Waals surface area contributed by atoms with Crippen LogP contribution in [0.3, 0.4) is 0 Å². The summed E-state index contributed by atoms with van der Waals surface area (Å²) in [5, 5.41) is 9.90. The zero-order valence-corrected chi connectivity index (χ0v) is 9.48. The van der Waals surface area contributed by atoms with Gasteiger partial charge in [-0.1, -0.05) is 11.6 Å². The van der Waals surface area contributed by atoms with Crippen LogP contribution in [-0.4, -0.2) is 17.9 Å². The first-order valence-corrected chi connectivity index (χ1v) is 5.44. The zero-order valence-electron chi connectivity index (χ0n) is 8.72. The van der Waals surface area contributed by atoms with Gasteiger partial charge in [-0.25, -0.2) is 0 Å². The number of ether oxygens (including phenoxy) is 1. The van der Waals surface area contributed by atoms with Crippen LogP contribution < -0.4 is 4.74 Å². The third kappa shape index (κ3) is 2.84. The first kappa shape index (κ1) is 12.5. The Bertz CT molecular complexity index is 431. The van der Waals surface area contributed by atoms with Crippen LogP contribution in [0.15, 0.2) is 12.1 Å². The summed E-state index contributed by atoms with van der Waals surface area (Å²) in [7, 11) is 0. The molecule has 0 amide bonds. The Balaban J connectivity index is 2.32. The fourth-order valence-corrected chi connectivity index (χ4v) is 2.12. The topological polar surface area (TPSA) is 29.5 Å². The quantitative estimate of drug-likeness (QED) is 0.890. The Morgan fingerprint density at radius 3 is 2.76 bits per heavy atom. The molecular formula is C11H10ClF3O2. The van der Waals surface area contributed by atoms with Crippen LogP contribution in [0.4, 0.5) is 13.2 Å². The van der Waals surface area contributed by atoms with E-state index in [9.17, 15) is 18.3 Å². The highest BCUT2D eigenvalue weighted by molar-refractivity contribution is 6.30. The second kappa shape index (κ2) is 4.38. The van der Waals surface area contributed by atoms with E-state index >= 15 is 0 Å². The summed E-state index contributed by atoms with van der Waals surface area (Å²) in [6, 6.07) is 2.97. The van der Waals surface area contributed by atoms with Crippen molar-refractivity contribution in [1.82, 2.24) is 0 Å². The van der Waals surface area contributed by atoms with E-state index in [1.807, 2.05) is 0 Å². The first-order chi connectivity index (χ1) is 7.87. The summed E-state index contributed by atoms with van der Waals surface area (Å²) in [4.78, 5) is 0. The third-order valence-electron chi connectivity index (χ3n) is 2.56. The predicted octanol–water partition coefficient (Wildman–Crippen LogP) is 3.26. The molecule has 0 fully saturated rings. The SMILES string of the molecule is OC(CC(F)(F)F)c1cc(Cl)cc2c1OCC2. The van der Waals surface area contributed by atoms with Gasteiger partial charge < -0.3 is 9.84 Å². The molecule has 0 aromatic heterocycles. The number of hydrogen-bond acceptors (Lipinski definition) is 2. The lowest BCUT2D eigenvalue weighted by molar-refractivity contribution is -0.154. The lowest BCUT2D eigenvalue weighted by Crippen LogP contribution is -2.14. The lowest BCUT2D eigenvalue weighted by Gasteiger charge is -2.16. The normalized spacial score (nSPS) is 16.5. The van der Waals surface area contributed by atoms with Crippen molar-refractivity contribution >= 4 is 11.6 Å². The fraction of sp³-hybridized carbons (Fsp3) is 0.455. The smallest absolute Gasteiger partial charge is 0.391 e. The summed E-state index contributed by atoms with van der Waals surface area (Å²) in [6.07, 6.45) is -6.77. The maximum atomic E-state index is 12.2. The van der Waals surface area contributed by atoms with Gasteiger partial charge in [0.2, 0.25) is 0 Å². The summed E-state index contributed by atoms with van der Waals surface area (Å²) < 4.78 is 41.9. The molecule has 2 nitrogen and oxygen atoms in total. The Labute approximate surface area is 101 Å². The van der Waals surface area contributed by atoms with Gasteiger partial charge in [0.05, 0.1) is 19.1 Å². The average molecular weight is 267 g/mol. The number of halogens is 4. The van der Waals surface area contributed by atoms with Crippen molar-refractivity contribution < 1.29 is 23.0 Å². The molecule has 0 spiro atoms. The van der Waals surface area contributed by atoms with E-state index < -0.39 is 18.7 Å². The van der Waals surface area contributed by atoms with Crippen LogP contribution in [0, 0.1) is 0 Å². The summed E-state index contributed by atoms with van der Waals surface area (Å²) in [6.45, 7) is 0.404. The predicted molar refractivity (Wildman–Crippen MR) is 56.3 cm³/mol. The number of aliphatic hydroxyl groups is 1. The standard InChI is InChI=1S/C11H10ClF3O2/c12-7-3-6-1-2-17-10(6)8(4-7)9(16)5-11(13,14)15/h3-4,9,16H,1-2,5H2. The molecule has 0 radical (unpaired) electrons. The highest BCUT2D eigenvalue weighted by Gasteiger charge is 2.34. The van der Waals surface area contributed by atoms with Crippen molar-refractivity contribution in [2.45, 2.75) is 25.1 Å². The molecule has 1 aliphatic heterocycles. The molecule has 94 valence electrons. The van der Waals surface area contributed by atoms with Crippen LogP contribution in [0.25, 0.3) is 0 Å². The summed E-state index contributed by atoms with van der Waals surface area (Å²) in [5.74, 6) is 0.339. The summed E-state index contributed by atoms with van der Waals surface area (Å²) in [5.41, 5.74) is 0.857. The molecule has 1 aliphatic rings. The number of fused-ring (bicyclic) bond motifs is 1. The number of benzene rings is 1. The molecule has 0 bridgehead atoms. The van der Waals surface area contributed by atoms with Crippen molar-refractivity contribution in [3.05, 3.63) is 28.3 Å². The van der Waals surface area contributed by atoms with Crippen molar-refractivity contribution in [2.75, 3.05) is 6.61 Å². The molecule has 17 heavy (non-hydrogen) atoms. The monoisotopic (exact) mass is 266 g/mol. The van der Waals surface area contributed by atoms with Gasteiger partial charge in [0, 0.05) is 17.0 Å². The van der Waals surface area contributed by atoms with Gasteiger partial charge in [0.15, 0.2) is 0 Å². The number of aliphatic hydroxyl groups excluding tert-OH is 1. The van der Waals surface area contributed by atoms with Gasteiger partial charge in [0.1, 0.15) is 5.75 Å². The van der Waals surface area contributed by atoms with Gasteiger partial charge in [-0.05, 0) is 17.7 Å². The van der Waals surface area contributed by atoms with Gasteiger partial charge in [0.25, 0.3) is 0 Å². The second-order valence-electron chi connectivity index (χ2n) is 3.92. The number of alkyl halides is 3. The van der Waals surface area contributed by atoms with E-state index in [4.69, 9.17) is 16.3 Å². The fourth-order valence-electron chi connectivity index (χ4n) is 1.87. The molecule has 1 aromatic carbocycles. The third-order valence-corrected chi connectivity index (χ3v) is 2.78. The van der Waals surface area contributed by atoms with E-state index in [2.05, 4.69) is 0 Å². The Morgan fingerprint density at radius 2 is 2.12 bits per heavy atom. The van der Waals surface area contributed by atoms with Crippen molar-refractivity contribution in [2.24, 2.45) is 0 Å². The minimum Gasteiger partial charge on any atom is -0.493 e. The Hall–Kier alpha value is -0.940. The lowest BCUT2D eigenvalue weighted by atomic mass is 10.0. The largest absolute Gasteiger partial charge is 0.493 e. The van der Waals surface area contributed by atoms with Crippen molar-refractivity contribution in [1.29, 1.82) is 0 Å². The van der Waals surface area contributed by atoms with E-state index in [1.54, 1.807) is 6.07 Å². The molecule has 1 aromatic rings. The molecule has 1 heterocycles. The van der Waals surface area contributed by atoms with Crippen LogP contribution in [0.5, 0.6) is 5.75 Å². The maximum absolute atomic E-state index is 12.2. The summed E-state index contributed by atoms with van der Waals surface area (Å²) >= 11 is 5.80. The highest BCUT2D eigenvalue weighted by Crippen LogP contribution is 2.39. The van der Waals surface area contributed by atoms with Gasteiger partial charge in [-0.3, -0.25) is 0 Å². The van der Waals surface area contributed by atoms with E-state index in [0.717, 1.165) is 5.56 Å². The molecule has 1 N–H and O–H groups in total. The van der Waals surface area contributed by atoms with Crippen LogP contribution in [0.2, 0.25) is 5.02 Å². The average Bonchev–Trinajstić information content (AvgIpc) is 2.60. The molecule has 1 atom stereocenters. The molecule has 2 rings (SSSR count). The molecular weight excluding hydrogens is 257 g/mol. The van der Waals surface area contributed by atoms with E-state index in [1.165, 1.54) is 6.07 Å². The number of rotatable bonds is 2. The minimum atomic E-state index is -4.42. The molecule has 0 saturated carbocycles. The van der Waals surface area contributed by atoms with Gasteiger partial charge in [-0.15, -0.1) is 0 Å². The number of hydrogen-bond donors (Lipinski definition) is 1. The van der Waals surface area contributed by atoms with E-state index in [-0.39, 0.29) is 5.56 Å². The van der Waals surface area contributed by atoms with Gasteiger partial charge >= 0.3 is 6.18 Å². The maximum Gasteiger partial charge on any atom is 0.391 e. The van der Waals surface area contributed by atoms with Crippen LogP contribution >= 0.6 is 11.6 Å². The van der Waals surface area contributed by atoms with Crippen molar-refractivity contribution in [3.8, 4) is 5.75 Å². The first-order valence-electron chi connectivity index (χ1n) is 5.07. The Kier molecular flexibility index (Phi) is 3.23. The van der Waals surface area contributed by atoms with Crippen molar-refractivity contribution in [3.63, 3.8) is 0 Å². The second-order valence-corrected chi connectivity index (χ2v) is 4.35. The van der Waals surface area contributed by atoms with Gasteiger partial charge in [-0.2, -0.15) is 13.2 Å². The molecule has 6 heteroatoms. The minimum absolute atomic E-state index is 0.113.